The first kappa shape index (κ1) is 25.2. The smallest absolute Gasteiger partial charge is 0.251 e. The number of benzene rings is 2. The van der Waals surface area contributed by atoms with Crippen molar-refractivity contribution in [1.29, 1.82) is 0 Å². The van der Waals surface area contributed by atoms with Crippen LogP contribution in [0.4, 0.5) is 5.69 Å². The zero-order chi connectivity index (χ0) is 26.0. The molecule has 4 aromatic rings. The number of nitrogens with one attached hydrogen (secondary N) is 2. The lowest BCUT2D eigenvalue weighted by Crippen LogP contribution is -2.45. The van der Waals surface area contributed by atoms with Crippen molar-refractivity contribution >= 4 is 23.4 Å². The molecule has 1 atom stereocenters. The van der Waals surface area contributed by atoms with Gasteiger partial charge in [-0.3, -0.25) is 19.4 Å². The van der Waals surface area contributed by atoms with Crippen molar-refractivity contribution in [3.8, 4) is 5.75 Å². The summed E-state index contributed by atoms with van der Waals surface area (Å²) in [7, 11) is 1.56. The van der Waals surface area contributed by atoms with Crippen molar-refractivity contribution in [1.82, 2.24) is 15.2 Å². The lowest BCUT2D eigenvalue weighted by atomic mass is 10.0. The number of pyridine rings is 1. The second kappa shape index (κ2) is 12.2. The van der Waals surface area contributed by atoms with E-state index in [-0.39, 0.29) is 13.1 Å². The van der Waals surface area contributed by atoms with Crippen LogP contribution in [0.15, 0.2) is 102 Å². The van der Waals surface area contributed by atoms with Crippen LogP contribution in [-0.2, 0) is 16.1 Å². The molecule has 2 N–H and O–H groups in total. The van der Waals surface area contributed by atoms with E-state index in [4.69, 9.17) is 9.15 Å². The van der Waals surface area contributed by atoms with Crippen molar-refractivity contribution in [3.63, 3.8) is 0 Å². The summed E-state index contributed by atoms with van der Waals surface area (Å²) < 4.78 is 10.7. The summed E-state index contributed by atoms with van der Waals surface area (Å²) in [6, 6.07) is 21.2. The van der Waals surface area contributed by atoms with Crippen molar-refractivity contribution in [2.75, 3.05) is 19.0 Å². The molecule has 4 rings (SSSR count). The number of methoxy groups -OCH3 is 1. The molecule has 0 aliphatic carbocycles. The van der Waals surface area contributed by atoms with Gasteiger partial charge in [-0.05, 0) is 66.2 Å². The predicted octanol–water partition coefficient (Wildman–Crippen LogP) is 3.82. The molecule has 2 aromatic heterocycles. The Hall–Kier alpha value is -4.92. The van der Waals surface area contributed by atoms with E-state index in [1.807, 2.05) is 0 Å². The molecule has 0 saturated heterocycles. The van der Waals surface area contributed by atoms with E-state index in [1.165, 1.54) is 11.2 Å². The van der Waals surface area contributed by atoms with E-state index >= 15 is 0 Å². The fourth-order valence-electron chi connectivity index (χ4n) is 3.75. The zero-order valence-corrected chi connectivity index (χ0v) is 20.2. The highest BCUT2D eigenvalue weighted by molar-refractivity contribution is 5.99. The third-order valence-corrected chi connectivity index (χ3v) is 5.60. The Labute approximate surface area is 214 Å². The highest BCUT2D eigenvalue weighted by Crippen LogP contribution is 2.26. The lowest BCUT2D eigenvalue weighted by Gasteiger charge is -2.31. The number of ether oxygens (including phenoxy) is 1. The minimum atomic E-state index is -1.03. The normalized spacial score (nSPS) is 11.3. The van der Waals surface area contributed by atoms with Crippen LogP contribution >= 0.6 is 0 Å². The molecule has 9 heteroatoms. The molecule has 0 bridgehead atoms. The summed E-state index contributed by atoms with van der Waals surface area (Å²) >= 11 is 0. The Kier molecular flexibility index (Phi) is 8.28. The van der Waals surface area contributed by atoms with Gasteiger partial charge in [-0.1, -0.05) is 18.2 Å². The molecule has 9 nitrogen and oxygen atoms in total. The number of carbonyl (C=O) groups is 3. The van der Waals surface area contributed by atoms with Crippen molar-refractivity contribution in [3.05, 3.63) is 114 Å². The van der Waals surface area contributed by atoms with E-state index in [9.17, 15) is 14.4 Å². The highest BCUT2D eigenvalue weighted by atomic mass is 16.5. The third kappa shape index (κ3) is 6.61. The van der Waals surface area contributed by atoms with Crippen LogP contribution in [0.3, 0.4) is 0 Å². The summed E-state index contributed by atoms with van der Waals surface area (Å²) in [5, 5.41) is 5.52. The Morgan fingerprint density at radius 3 is 2.32 bits per heavy atom. The Balaban J connectivity index is 1.61. The molecule has 37 heavy (non-hydrogen) atoms. The number of nitrogens with zero attached hydrogens (tertiary/aromatic N) is 2. The van der Waals surface area contributed by atoms with Gasteiger partial charge in [0.15, 0.2) is 0 Å². The van der Waals surface area contributed by atoms with Gasteiger partial charge in [0, 0.05) is 23.6 Å². The fourth-order valence-corrected chi connectivity index (χ4v) is 3.75. The standard InChI is InChI=1S/C28H26N4O5/c1-36-23-11-9-22(10-12-23)31-28(35)26(20-13-15-29-16-14-20)32(19-24-8-5-17-37-24)25(33)18-30-27(34)21-6-3-2-4-7-21/h2-17,26H,18-19H2,1H3,(H,30,34)(H,31,35). The molecule has 0 spiro atoms. The van der Waals surface area contributed by atoms with Gasteiger partial charge in [0.05, 0.1) is 26.5 Å². The minimum Gasteiger partial charge on any atom is -0.497 e. The number of hydrogen-bond acceptors (Lipinski definition) is 6. The highest BCUT2D eigenvalue weighted by Gasteiger charge is 2.32. The number of carbonyl (C=O) groups excluding carboxylic acids is 3. The maximum absolute atomic E-state index is 13.6. The van der Waals surface area contributed by atoms with Crippen LogP contribution in [0.1, 0.15) is 27.7 Å². The van der Waals surface area contributed by atoms with Gasteiger partial charge < -0.3 is 24.7 Å². The number of anilines is 1. The fraction of sp³-hybridized carbons (Fsp3) is 0.143. The van der Waals surface area contributed by atoms with Crippen LogP contribution in [0.5, 0.6) is 5.75 Å². The maximum atomic E-state index is 13.6. The summed E-state index contributed by atoms with van der Waals surface area (Å²) in [4.78, 5) is 45.1. The molecule has 1 unspecified atom stereocenters. The van der Waals surface area contributed by atoms with E-state index in [1.54, 1.807) is 98.4 Å². The molecule has 0 saturated carbocycles. The van der Waals surface area contributed by atoms with Crippen LogP contribution in [0.2, 0.25) is 0 Å². The largest absolute Gasteiger partial charge is 0.497 e. The molecule has 0 aliphatic rings. The van der Waals surface area contributed by atoms with Crippen LogP contribution in [-0.4, -0.2) is 41.3 Å². The monoisotopic (exact) mass is 498 g/mol. The van der Waals surface area contributed by atoms with Crippen molar-refractivity contribution in [2.24, 2.45) is 0 Å². The molecular formula is C28H26N4O5. The van der Waals surface area contributed by atoms with Crippen LogP contribution in [0, 0.1) is 0 Å². The first-order valence-electron chi connectivity index (χ1n) is 11.5. The molecule has 0 aliphatic heterocycles. The number of amides is 3. The minimum absolute atomic E-state index is 0.00998. The summed E-state index contributed by atoms with van der Waals surface area (Å²) in [5.74, 6) is -0.167. The second-order valence-corrected chi connectivity index (χ2v) is 8.05. The molecule has 2 aromatic carbocycles. The van der Waals surface area contributed by atoms with Gasteiger partial charge in [-0.25, -0.2) is 0 Å². The molecular weight excluding hydrogens is 472 g/mol. The Morgan fingerprint density at radius 1 is 0.946 bits per heavy atom. The lowest BCUT2D eigenvalue weighted by molar-refractivity contribution is -0.139. The van der Waals surface area contributed by atoms with Crippen LogP contribution in [0.25, 0.3) is 0 Å². The summed E-state index contributed by atoms with van der Waals surface area (Å²) in [5.41, 5.74) is 1.51. The number of hydrogen-bond donors (Lipinski definition) is 2. The molecule has 0 fully saturated rings. The Morgan fingerprint density at radius 2 is 1.68 bits per heavy atom. The van der Waals surface area contributed by atoms with Gasteiger partial charge in [0.2, 0.25) is 5.91 Å². The zero-order valence-electron chi connectivity index (χ0n) is 20.2. The van der Waals surface area contributed by atoms with Crippen LogP contribution < -0.4 is 15.4 Å². The Bertz CT molecular complexity index is 1310. The third-order valence-electron chi connectivity index (χ3n) is 5.60. The predicted molar refractivity (Wildman–Crippen MR) is 137 cm³/mol. The summed E-state index contributed by atoms with van der Waals surface area (Å²) in [6.07, 6.45) is 4.60. The molecule has 3 amide bonds. The molecule has 188 valence electrons. The van der Waals surface area contributed by atoms with E-state index in [0.717, 1.165) is 0 Å². The average molecular weight is 499 g/mol. The number of aromatic nitrogens is 1. The second-order valence-electron chi connectivity index (χ2n) is 8.05. The first-order chi connectivity index (χ1) is 18.0. The van der Waals surface area contributed by atoms with E-state index in [2.05, 4.69) is 15.6 Å². The van der Waals surface area contributed by atoms with Gasteiger partial charge in [-0.15, -0.1) is 0 Å². The van der Waals surface area contributed by atoms with Gasteiger partial charge >= 0.3 is 0 Å². The maximum Gasteiger partial charge on any atom is 0.251 e. The quantitative estimate of drug-likeness (QED) is 0.344. The first-order valence-corrected chi connectivity index (χ1v) is 11.5. The van der Waals surface area contributed by atoms with E-state index < -0.39 is 23.8 Å². The summed E-state index contributed by atoms with van der Waals surface area (Å²) in [6.45, 7) is -0.304. The topological polar surface area (TPSA) is 114 Å². The average Bonchev–Trinajstić information content (AvgIpc) is 3.46. The van der Waals surface area contributed by atoms with Gasteiger partial charge in [0.25, 0.3) is 11.8 Å². The number of rotatable bonds is 10. The van der Waals surface area contributed by atoms with Crippen molar-refractivity contribution < 1.29 is 23.5 Å². The molecule has 2 heterocycles. The van der Waals surface area contributed by atoms with E-state index in [0.29, 0.717) is 28.3 Å². The number of furan rings is 1. The van der Waals surface area contributed by atoms with Gasteiger partial charge in [0.1, 0.15) is 17.6 Å². The SMILES string of the molecule is COc1ccc(NC(=O)C(c2ccncc2)N(Cc2ccco2)C(=O)CNC(=O)c2ccccc2)cc1. The molecule has 0 radical (unpaired) electrons. The van der Waals surface area contributed by atoms with Crippen molar-refractivity contribution in [2.45, 2.75) is 12.6 Å². The van der Waals surface area contributed by atoms with Gasteiger partial charge in [-0.2, -0.15) is 0 Å².